The largest absolute Gasteiger partial charge is 0.481 e. The minimum absolute atomic E-state index is 0.0846. The Morgan fingerprint density at radius 1 is 1.27 bits per heavy atom. The van der Waals surface area contributed by atoms with Gasteiger partial charge in [-0.15, -0.1) is 21.5 Å². The average molecular weight is 529 g/mol. The molecule has 2 aromatic heterocycles. The Balaban J connectivity index is 1.64. The minimum Gasteiger partial charge on any atom is -0.481 e. The lowest BCUT2D eigenvalue weighted by atomic mass is 10.2. The summed E-state index contributed by atoms with van der Waals surface area (Å²) in [5.74, 6) is 0.334. The Morgan fingerprint density at radius 2 is 2.03 bits per heavy atom. The third-order valence-corrected chi connectivity index (χ3v) is 7.31. The van der Waals surface area contributed by atoms with Crippen molar-refractivity contribution in [3.63, 3.8) is 0 Å². The van der Waals surface area contributed by atoms with Gasteiger partial charge >= 0.3 is 5.97 Å². The van der Waals surface area contributed by atoms with Crippen molar-refractivity contribution in [1.82, 2.24) is 14.8 Å². The molecule has 0 aliphatic carbocycles. The van der Waals surface area contributed by atoms with Gasteiger partial charge in [-0.3, -0.25) is 4.79 Å². The Hall–Kier alpha value is -2.27. The van der Waals surface area contributed by atoms with Crippen molar-refractivity contribution in [2.45, 2.75) is 31.5 Å². The van der Waals surface area contributed by atoms with Crippen LogP contribution in [0, 0.1) is 0 Å². The number of benzene rings is 1. The van der Waals surface area contributed by atoms with Gasteiger partial charge in [0, 0.05) is 23.0 Å². The number of amides is 1. The second-order valence-corrected chi connectivity index (χ2v) is 9.79. The predicted molar refractivity (Wildman–Crippen MR) is 131 cm³/mol. The molecule has 3 aromatic rings. The van der Waals surface area contributed by atoms with Crippen molar-refractivity contribution in [1.29, 1.82) is 0 Å². The standard InChI is InChI=1S/C21H22Cl2N4O4S2/c1-5-13-9-14(20(29)30-4)19(33-13)24-17(28)10-32-21-26-25-18(27(21)3)11(2)31-16-8-12(22)6-7-15(16)23/h6-9,11H,5,10H2,1-4H3,(H,24,28). The highest BCUT2D eigenvalue weighted by Crippen LogP contribution is 2.32. The summed E-state index contributed by atoms with van der Waals surface area (Å²) in [6.45, 7) is 3.80. The summed E-state index contributed by atoms with van der Waals surface area (Å²) in [5, 5.41) is 13.1. The van der Waals surface area contributed by atoms with Gasteiger partial charge in [0.1, 0.15) is 10.8 Å². The molecule has 0 aliphatic heterocycles. The van der Waals surface area contributed by atoms with Gasteiger partial charge in [-0.05, 0) is 31.5 Å². The van der Waals surface area contributed by atoms with Gasteiger partial charge in [0.2, 0.25) is 5.91 Å². The van der Waals surface area contributed by atoms with E-state index < -0.39 is 12.1 Å². The van der Waals surface area contributed by atoms with E-state index in [-0.39, 0.29) is 11.7 Å². The van der Waals surface area contributed by atoms with Gasteiger partial charge in [-0.2, -0.15) is 0 Å². The lowest BCUT2D eigenvalue weighted by molar-refractivity contribution is -0.113. The Morgan fingerprint density at radius 3 is 2.73 bits per heavy atom. The van der Waals surface area contributed by atoms with Crippen molar-refractivity contribution in [2.75, 3.05) is 18.2 Å². The van der Waals surface area contributed by atoms with E-state index in [0.29, 0.717) is 37.3 Å². The zero-order valence-electron chi connectivity index (χ0n) is 18.3. The molecule has 1 N–H and O–H groups in total. The molecule has 8 nitrogen and oxygen atoms in total. The van der Waals surface area contributed by atoms with E-state index in [2.05, 4.69) is 15.5 Å². The lowest BCUT2D eigenvalue weighted by Gasteiger charge is -2.15. The first-order chi connectivity index (χ1) is 15.7. The molecule has 1 unspecified atom stereocenters. The molecule has 0 aliphatic rings. The SMILES string of the molecule is CCc1cc(C(=O)OC)c(NC(=O)CSc2nnc(C(C)Oc3cc(Cl)ccc3Cl)n2C)s1. The molecule has 3 rings (SSSR count). The van der Waals surface area contributed by atoms with Gasteiger partial charge in [0.25, 0.3) is 0 Å². The smallest absolute Gasteiger partial charge is 0.340 e. The fourth-order valence-electron chi connectivity index (χ4n) is 2.88. The first-order valence-corrected chi connectivity index (χ1v) is 12.4. The van der Waals surface area contributed by atoms with Crippen LogP contribution in [-0.4, -0.2) is 39.5 Å². The number of esters is 1. The Kier molecular flexibility index (Phi) is 8.63. The van der Waals surface area contributed by atoms with E-state index in [1.54, 1.807) is 35.9 Å². The second kappa shape index (κ2) is 11.2. The number of carbonyl (C=O) groups is 2. The molecule has 0 fully saturated rings. The van der Waals surface area contributed by atoms with E-state index in [9.17, 15) is 9.59 Å². The second-order valence-electron chi connectivity index (χ2n) is 6.87. The fourth-order valence-corrected chi connectivity index (χ4v) is 4.92. The van der Waals surface area contributed by atoms with E-state index in [0.717, 1.165) is 11.3 Å². The summed E-state index contributed by atoms with van der Waals surface area (Å²) < 4.78 is 12.5. The number of ether oxygens (including phenoxy) is 2. The number of hydrogen-bond donors (Lipinski definition) is 1. The number of halogens is 2. The number of aryl methyl sites for hydroxylation is 1. The van der Waals surface area contributed by atoms with Crippen LogP contribution in [0.2, 0.25) is 10.0 Å². The highest BCUT2D eigenvalue weighted by Gasteiger charge is 2.21. The number of thiophene rings is 1. The zero-order valence-corrected chi connectivity index (χ0v) is 21.5. The highest BCUT2D eigenvalue weighted by molar-refractivity contribution is 7.99. The number of methoxy groups -OCH3 is 1. The first-order valence-electron chi connectivity index (χ1n) is 9.88. The van der Waals surface area contributed by atoms with E-state index >= 15 is 0 Å². The molecule has 176 valence electrons. The molecule has 0 radical (unpaired) electrons. The molecule has 33 heavy (non-hydrogen) atoms. The molecule has 0 saturated carbocycles. The number of nitrogens with one attached hydrogen (secondary N) is 1. The lowest BCUT2D eigenvalue weighted by Crippen LogP contribution is -2.16. The molecular weight excluding hydrogens is 507 g/mol. The van der Waals surface area contributed by atoms with Gasteiger partial charge in [-0.1, -0.05) is 41.9 Å². The third kappa shape index (κ3) is 6.20. The van der Waals surface area contributed by atoms with Gasteiger partial charge in [0.05, 0.1) is 23.4 Å². The molecule has 0 bridgehead atoms. The quantitative estimate of drug-likeness (QED) is 0.293. The van der Waals surface area contributed by atoms with E-state index in [4.69, 9.17) is 32.7 Å². The fraction of sp³-hybridized carbons (Fsp3) is 0.333. The van der Waals surface area contributed by atoms with Crippen molar-refractivity contribution < 1.29 is 19.1 Å². The Bertz CT molecular complexity index is 1170. The van der Waals surface area contributed by atoms with Gasteiger partial charge < -0.3 is 19.4 Å². The van der Waals surface area contributed by atoms with Crippen molar-refractivity contribution in [3.05, 3.63) is 50.6 Å². The van der Waals surface area contributed by atoms with Crippen molar-refractivity contribution in [2.24, 2.45) is 7.05 Å². The third-order valence-electron chi connectivity index (χ3n) is 4.55. The highest BCUT2D eigenvalue weighted by atomic mass is 35.5. The normalized spacial score (nSPS) is 11.8. The molecule has 12 heteroatoms. The molecule has 1 aromatic carbocycles. The molecular formula is C21H22Cl2N4O4S2. The van der Waals surface area contributed by atoms with Crippen LogP contribution in [0.25, 0.3) is 0 Å². The summed E-state index contributed by atoms with van der Waals surface area (Å²) in [7, 11) is 3.10. The maximum absolute atomic E-state index is 12.5. The number of anilines is 1. The van der Waals surface area contributed by atoms with Crippen molar-refractivity contribution >= 4 is 63.2 Å². The van der Waals surface area contributed by atoms with Crippen LogP contribution in [0.4, 0.5) is 5.00 Å². The van der Waals surface area contributed by atoms with Crippen LogP contribution in [-0.2, 0) is 23.0 Å². The number of hydrogen-bond acceptors (Lipinski definition) is 8. The van der Waals surface area contributed by atoms with Crippen LogP contribution in [0.1, 0.15) is 41.0 Å². The maximum atomic E-state index is 12.5. The molecule has 1 amide bonds. The van der Waals surface area contributed by atoms with Crippen molar-refractivity contribution in [3.8, 4) is 5.75 Å². The average Bonchev–Trinajstić information content (AvgIpc) is 3.37. The van der Waals surface area contributed by atoms with Crippen LogP contribution < -0.4 is 10.1 Å². The molecule has 0 spiro atoms. The number of nitrogens with zero attached hydrogens (tertiary/aromatic N) is 3. The summed E-state index contributed by atoms with van der Waals surface area (Å²) in [5.41, 5.74) is 0.351. The van der Waals surface area contributed by atoms with Gasteiger partial charge in [-0.25, -0.2) is 4.79 Å². The predicted octanol–water partition coefficient (Wildman–Crippen LogP) is 5.40. The van der Waals surface area contributed by atoms with Crippen LogP contribution in [0.15, 0.2) is 29.4 Å². The molecule has 0 saturated heterocycles. The number of carbonyl (C=O) groups excluding carboxylic acids is 2. The van der Waals surface area contributed by atoms with E-state index in [1.165, 1.54) is 30.2 Å². The minimum atomic E-state index is -0.486. The maximum Gasteiger partial charge on any atom is 0.340 e. The summed E-state index contributed by atoms with van der Waals surface area (Å²) >= 11 is 14.8. The zero-order chi connectivity index (χ0) is 24.1. The number of aromatic nitrogens is 3. The van der Waals surface area contributed by atoms with Crippen LogP contribution >= 0.6 is 46.3 Å². The van der Waals surface area contributed by atoms with Crippen LogP contribution in [0.3, 0.4) is 0 Å². The number of rotatable bonds is 9. The monoisotopic (exact) mass is 528 g/mol. The Labute approximate surface area is 209 Å². The van der Waals surface area contributed by atoms with Crippen LogP contribution in [0.5, 0.6) is 5.75 Å². The summed E-state index contributed by atoms with van der Waals surface area (Å²) in [6.07, 6.45) is 0.296. The topological polar surface area (TPSA) is 95.3 Å². The molecule has 2 heterocycles. The molecule has 1 atom stereocenters. The number of thioether (sulfide) groups is 1. The summed E-state index contributed by atoms with van der Waals surface area (Å²) in [4.78, 5) is 25.5. The summed E-state index contributed by atoms with van der Waals surface area (Å²) in [6, 6.07) is 6.71. The first kappa shape index (κ1) is 25.4. The van der Waals surface area contributed by atoms with E-state index in [1.807, 2.05) is 13.8 Å². The van der Waals surface area contributed by atoms with Gasteiger partial charge in [0.15, 0.2) is 17.1 Å².